The summed E-state index contributed by atoms with van der Waals surface area (Å²) in [4.78, 5) is 8.15. The predicted molar refractivity (Wildman–Crippen MR) is 71.9 cm³/mol. The van der Waals surface area contributed by atoms with Crippen LogP contribution in [0.3, 0.4) is 0 Å². The van der Waals surface area contributed by atoms with Crippen molar-refractivity contribution in [2.75, 3.05) is 12.8 Å². The van der Waals surface area contributed by atoms with Crippen molar-refractivity contribution in [2.45, 2.75) is 6.92 Å². The number of hydrogen-bond donors (Lipinski definition) is 1. The predicted octanol–water partition coefficient (Wildman–Crippen LogP) is 2.93. The van der Waals surface area contributed by atoms with Gasteiger partial charge in [0.15, 0.2) is 0 Å². The van der Waals surface area contributed by atoms with Gasteiger partial charge in [-0.25, -0.2) is 4.98 Å². The number of benzene rings is 1. The molecule has 1 aromatic carbocycles. The van der Waals surface area contributed by atoms with Gasteiger partial charge in [-0.1, -0.05) is 0 Å². The third-order valence-electron chi connectivity index (χ3n) is 2.33. The molecule has 94 valence electrons. The summed E-state index contributed by atoms with van der Waals surface area (Å²) in [6, 6.07) is 5.59. The summed E-state index contributed by atoms with van der Waals surface area (Å²) in [7, 11) is 1.53. The first kappa shape index (κ1) is 12.6. The number of rotatable bonds is 3. The second-order valence-corrected chi connectivity index (χ2v) is 4.48. The number of methoxy groups -OCH3 is 1. The molecule has 0 fully saturated rings. The highest BCUT2D eigenvalue weighted by molar-refractivity contribution is 9.10. The van der Waals surface area contributed by atoms with Crippen molar-refractivity contribution in [2.24, 2.45) is 0 Å². The van der Waals surface area contributed by atoms with Crippen LogP contribution in [0.25, 0.3) is 0 Å². The normalized spacial score (nSPS) is 10.2. The quantitative estimate of drug-likeness (QED) is 0.883. The number of nitrogens with zero attached hydrogens (tertiary/aromatic N) is 2. The molecule has 18 heavy (non-hydrogen) atoms. The van der Waals surface area contributed by atoms with Gasteiger partial charge in [-0.15, -0.1) is 0 Å². The Morgan fingerprint density at radius 3 is 2.78 bits per heavy atom. The largest absolute Gasteiger partial charge is 0.480 e. The summed E-state index contributed by atoms with van der Waals surface area (Å²) in [6.45, 7) is 1.91. The molecular formula is C12H12BrN3O2. The van der Waals surface area contributed by atoms with Crippen LogP contribution >= 0.6 is 15.9 Å². The van der Waals surface area contributed by atoms with Gasteiger partial charge in [0.25, 0.3) is 0 Å². The summed E-state index contributed by atoms with van der Waals surface area (Å²) in [5, 5.41) is 0. The number of hydrogen-bond acceptors (Lipinski definition) is 5. The second kappa shape index (κ2) is 5.22. The molecule has 0 aliphatic carbocycles. The summed E-state index contributed by atoms with van der Waals surface area (Å²) < 4.78 is 11.3. The third kappa shape index (κ3) is 2.70. The van der Waals surface area contributed by atoms with Crippen LogP contribution in [0.4, 0.5) is 5.69 Å². The van der Waals surface area contributed by atoms with Crippen LogP contribution in [0.2, 0.25) is 0 Å². The van der Waals surface area contributed by atoms with E-state index in [1.807, 2.05) is 13.0 Å². The van der Waals surface area contributed by atoms with E-state index in [0.717, 1.165) is 11.3 Å². The van der Waals surface area contributed by atoms with E-state index in [0.29, 0.717) is 16.1 Å². The van der Waals surface area contributed by atoms with Crippen LogP contribution in [-0.2, 0) is 0 Å². The van der Waals surface area contributed by atoms with Crippen molar-refractivity contribution in [1.82, 2.24) is 9.97 Å². The molecule has 1 heterocycles. The Hall–Kier alpha value is -1.82. The van der Waals surface area contributed by atoms with E-state index >= 15 is 0 Å². The number of nitrogen functional groups attached to an aromatic ring is 1. The lowest BCUT2D eigenvalue weighted by Crippen LogP contribution is -1.96. The molecule has 0 unspecified atom stereocenters. The van der Waals surface area contributed by atoms with Gasteiger partial charge in [0, 0.05) is 5.69 Å². The Morgan fingerprint density at radius 1 is 1.33 bits per heavy atom. The van der Waals surface area contributed by atoms with Gasteiger partial charge in [-0.3, -0.25) is 0 Å². The van der Waals surface area contributed by atoms with Crippen LogP contribution in [0.15, 0.2) is 28.9 Å². The summed E-state index contributed by atoms with van der Waals surface area (Å²) in [5.41, 5.74) is 7.39. The van der Waals surface area contributed by atoms with Gasteiger partial charge >= 0.3 is 6.01 Å². The van der Waals surface area contributed by atoms with Crippen molar-refractivity contribution in [1.29, 1.82) is 0 Å². The van der Waals surface area contributed by atoms with Gasteiger partial charge in [0.2, 0.25) is 5.88 Å². The topological polar surface area (TPSA) is 70.3 Å². The van der Waals surface area contributed by atoms with Crippen LogP contribution in [0, 0.1) is 6.92 Å². The molecule has 0 amide bonds. The average molecular weight is 310 g/mol. The monoisotopic (exact) mass is 309 g/mol. The van der Waals surface area contributed by atoms with Crippen LogP contribution < -0.4 is 15.2 Å². The van der Waals surface area contributed by atoms with E-state index in [1.165, 1.54) is 7.11 Å². The molecule has 0 aliphatic heterocycles. The fourth-order valence-corrected chi connectivity index (χ4v) is 1.70. The fraction of sp³-hybridized carbons (Fsp3) is 0.167. The number of aromatic nitrogens is 2. The van der Waals surface area contributed by atoms with Gasteiger partial charge < -0.3 is 15.2 Å². The smallest absolute Gasteiger partial charge is 0.325 e. The van der Waals surface area contributed by atoms with E-state index in [2.05, 4.69) is 25.9 Å². The van der Waals surface area contributed by atoms with E-state index in [4.69, 9.17) is 15.2 Å². The Kier molecular flexibility index (Phi) is 3.66. The highest BCUT2D eigenvalue weighted by Gasteiger charge is 2.07. The lowest BCUT2D eigenvalue weighted by molar-refractivity contribution is 0.373. The fourth-order valence-electron chi connectivity index (χ4n) is 1.35. The number of halogens is 1. The van der Waals surface area contributed by atoms with E-state index < -0.39 is 0 Å². The molecule has 2 N–H and O–H groups in total. The first-order valence-corrected chi connectivity index (χ1v) is 6.00. The third-order valence-corrected chi connectivity index (χ3v) is 2.88. The molecule has 0 bridgehead atoms. The number of nitrogens with two attached hydrogens (primary N) is 1. The SMILES string of the molecule is COc1nc(Oc2ccc(N)c(C)c2)ncc1Br. The molecule has 0 atom stereocenters. The number of aryl methyl sites for hydroxylation is 1. The van der Waals surface area contributed by atoms with Crippen molar-refractivity contribution in [3.63, 3.8) is 0 Å². The zero-order valence-corrected chi connectivity index (χ0v) is 11.6. The van der Waals surface area contributed by atoms with Crippen molar-refractivity contribution < 1.29 is 9.47 Å². The minimum atomic E-state index is 0.222. The lowest BCUT2D eigenvalue weighted by atomic mass is 10.2. The number of ether oxygens (including phenoxy) is 2. The standard InChI is InChI=1S/C12H12BrN3O2/c1-7-5-8(3-4-10(7)14)18-12-15-6-9(13)11(16-12)17-2/h3-6H,14H2,1-2H3. The zero-order chi connectivity index (χ0) is 13.1. The van der Waals surface area contributed by atoms with Crippen molar-refractivity contribution in [3.05, 3.63) is 34.4 Å². The van der Waals surface area contributed by atoms with Crippen LogP contribution in [0.1, 0.15) is 5.56 Å². The molecule has 0 radical (unpaired) electrons. The number of anilines is 1. The highest BCUT2D eigenvalue weighted by atomic mass is 79.9. The molecule has 0 saturated heterocycles. The maximum absolute atomic E-state index is 5.73. The summed E-state index contributed by atoms with van der Waals surface area (Å²) in [5.74, 6) is 1.05. The molecule has 5 nitrogen and oxygen atoms in total. The van der Waals surface area contributed by atoms with Crippen LogP contribution in [-0.4, -0.2) is 17.1 Å². The van der Waals surface area contributed by atoms with E-state index in [-0.39, 0.29) is 6.01 Å². The van der Waals surface area contributed by atoms with Gasteiger partial charge in [-0.2, -0.15) is 4.98 Å². The summed E-state index contributed by atoms with van der Waals surface area (Å²) >= 11 is 3.28. The minimum absolute atomic E-state index is 0.222. The molecule has 6 heteroatoms. The van der Waals surface area contributed by atoms with Gasteiger partial charge in [0.05, 0.1) is 17.8 Å². The molecule has 0 saturated carbocycles. The molecule has 0 aliphatic rings. The average Bonchev–Trinajstić information content (AvgIpc) is 2.36. The first-order valence-electron chi connectivity index (χ1n) is 5.20. The Bertz CT molecular complexity index is 575. The van der Waals surface area contributed by atoms with Crippen molar-refractivity contribution in [3.8, 4) is 17.6 Å². The van der Waals surface area contributed by atoms with E-state index in [1.54, 1.807) is 18.3 Å². The van der Waals surface area contributed by atoms with Crippen molar-refractivity contribution >= 4 is 21.6 Å². The second-order valence-electron chi connectivity index (χ2n) is 3.63. The van der Waals surface area contributed by atoms with E-state index in [9.17, 15) is 0 Å². The lowest BCUT2D eigenvalue weighted by Gasteiger charge is -2.07. The van der Waals surface area contributed by atoms with Gasteiger partial charge in [-0.05, 0) is 46.6 Å². The zero-order valence-electron chi connectivity index (χ0n) is 9.98. The van der Waals surface area contributed by atoms with Gasteiger partial charge in [0.1, 0.15) is 5.75 Å². The Balaban J connectivity index is 2.25. The van der Waals surface area contributed by atoms with Crippen LogP contribution in [0.5, 0.6) is 17.6 Å². The Morgan fingerprint density at radius 2 is 2.11 bits per heavy atom. The first-order chi connectivity index (χ1) is 8.60. The minimum Gasteiger partial charge on any atom is -0.480 e. The maximum atomic E-state index is 5.73. The molecular weight excluding hydrogens is 298 g/mol. The molecule has 2 aromatic rings. The molecule has 1 aromatic heterocycles. The Labute approximate surface area is 113 Å². The summed E-state index contributed by atoms with van der Waals surface area (Å²) in [6.07, 6.45) is 1.57. The highest BCUT2D eigenvalue weighted by Crippen LogP contribution is 2.26. The molecule has 0 spiro atoms. The maximum Gasteiger partial charge on any atom is 0.325 e. The molecule has 2 rings (SSSR count).